The van der Waals surface area contributed by atoms with E-state index in [0.29, 0.717) is 52.0 Å². The van der Waals surface area contributed by atoms with Gasteiger partial charge in [0.15, 0.2) is 23.1 Å². The number of nitrogens with zero attached hydrogens (tertiary/aromatic N) is 1. The third-order valence-electron chi connectivity index (χ3n) is 8.30. The van der Waals surface area contributed by atoms with Gasteiger partial charge in [-0.15, -0.1) is 0 Å². The molecule has 0 radical (unpaired) electrons. The van der Waals surface area contributed by atoms with Gasteiger partial charge in [0.25, 0.3) is 0 Å². The molecule has 222 valence electrons. The predicted molar refractivity (Wildman–Crippen MR) is 173 cm³/mol. The van der Waals surface area contributed by atoms with E-state index in [4.69, 9.17) is 32.7 Å². The lowest BCUT2D eigenvalue weighted by atomic mass is 9.71. The summed E-state index contributed by atoms with van der Waals surface area (Å²) < 4.78 is 13.0. The summed E-state index contributed by atoms with van der Waals surface area (Å²) >= 11 is 16.0. The van der Waals surface area contributed by atoms with Crippen LogP contribution in [0.5, 0.6) is 11.5 Å². The van der Waals surface area contributed by atoms with Gasteiger partial charge < -0.3 is 14.4 Å². The minimum Gasteiger partial charge on any atom is -0.490 e. The smallest absolute Gasteiger partial charge is 0.175 e. The second-order valence-electron chi connectivity index (χ2n) is 11.1. The van der Waals surface area contributed by atoms with Crippen molar-refractivity contribution >= 4 is 50.7 Å². The molecule has 0 aromatic heterocycles. The standard InChI is InChI=1S/C35H32BrCl2NO4/c1-2-42-31-18-23(17-24(36)35(31)43-20-22-14-15-25(37)26(38)16-22)32-33-27(10-6-12-29(33)40)39(19-21-8-4-3-5-9-21)28-11-7-13-30(41)34(28)32/h3-5,8-9,14-18,32H,2,6-7,10-13,19-20H2,1H3. The summed E-state index contributed by atoms with van der Waals surface area (Å²) in [6.07, 6.45) is 4.19. The first kappa shape index (κ1) is 30.0. The van der Waals surface area contributed by atoms with Crippen LogP contribution in [-0.4, -0.2) is 23.1 Å². The van der Waals surface area contributed by atoms with Crippen LogP contribution in [0.25, 0.3) is 0 Å². The molecule has 0 saturated carbocycles. The fourth-order valence-corrected chi connectivity index (χ4v) is 7.34. The van der Waals surface area contributed by atoms with Crippen molar-refractivity contribution in [1.29, 1.82) is 0 Å². The molecule has 0 unspecified atom stereocenters. The lowest BCUT2D eigenvalue weighted by Gasteiger charge is -2.44. The minimum absolute atomic E-state index is 0.114. The molecule has 0 bridgehead atoms. The van der Waals surface area contributed by atoms with Crippen molar-refractivity contribution in [1.82, 2.24) is 4.90 Å². The number of ketones is 2. The summed E-state index contributed by atoms with van der Waals surface area (Å²) in [5.74, 6) is 0.879. The largest absolute Gasteiger partial charge is 0.490 e. The molecule has 0 saturated heterocycles. The Hall–Kier alpha value is -3.06. The summed E-state index contributed by atoms with van der Waals surface area (Å²) in [4.78, 5) is 29.8. The molecule has 1 aliphatic heterocycles. The Labute approximate surface area is 270 Å². The average Bonchev–Trinajstić information content (AvgIpc) is 2.99. The quantitative estimate of drug-likeness (QED) is 0.237. The van der Waals surface area contributed by atoms with Crippen LogP contribution < -0.4 is 9.47 Å². The lowest BCUT2D eigenvalue weighted by molar-refractivity contribution is -0.117. The normalized spacial score (nSPS) is 17.3. The highest BCUT2D eigenvalue weighted by Gasteiger charge is 2.43. The van der Waals surface area contributed by atoms with Gasteiger partial charge in [0, 0.05) is 47.8 Å². The molecule has 5 nitrogen and oxygen atoms in total. The number of ether oxygens (including phenoxy) is 2. The second-order valence-corrected chi connectivity index (χ2v) is 12.7. The molecular weight excluding hydrogens is 649 g/mol. The van der Waals surface area contributed by atoms with Crippen molar-refractivity contribution in [2.45, 2.75) is 64.5 Å². The Morgan fingerprint density at radius 2 is 1.49 bits per heavy atom. The van der Waals surface area contributed by atoms with E-state index in [9.17, 15) is 9.59 Å². The Kier molecular flexibility index (Phi) is 8.99. The summed E-state index contributed by atoms with van der Waals surface area (Å²) in [5, 5.41) is 0.945. The number of hydrogen-bond donors (Lipinski definition) is 0. The average molecular weight is 681 g/mol. The van der Waals surface area contributed by atoms with E-state index in [0.717, 1.165) is 64.9 Å². The van der Waals surface area contributed by atoms with Gasteiger partial charge in [-0.3, -0.25) is 9.59 Å². The van der Waals surface area contributed by atoms with E-state index in [1.807, 2.05) is 43.3 Å². The summed E-state index contributed by atoms with van der Waals surface area (Å²) in [5.41, 5.74) is 6.46. The monoisotopic (exact) mass is 679 g/mol. The number of benzene rings is 3. The summed E-state index contributed by atoms with van der Waals surface area (Å²) in [7, 11) is 0. The molecule has 8 heteroatoms. The first-order valence-corrected chi connectivity index (χ1v) is 16.3. The molecule has 0 N–H and O–H groups in total. The number of carbonyl (C=O) groups excluding carboxylic acids is 2. The van der Waals surface area contributed by atoms with Crippen molar-refractivity contribution in [3.8, 4) is 11.5 Å². The number of allylic oxidation sites excluding steroid dienone is 4. The molecule has 3 aliphatic rings. The van der Waals surface area contributed by atoms with E-state index in [-0.39, 0.29) is 18.2 Å². The molecule has 0 fully saturated rings. The van der Waals surface area contributed by atoms with Gasteiger partial charge in [-0.25, -0.2) is 0 Å². The number of halogens is 3. The van der Waals surface area contributed by atoms with Crippen molar-refractivity contribution in [2.75, 3.05) is 6.61 Å². The first-order valence-electron chi connectivity index (χ1n) is 14.7. The zero-order valence-electron chi connectivity index (χ0n) is 23.9. The van der Waals surface area contributed by atoms with Crippen molar-refractivity contribution in [2.24, 2.45) is 0 Å². The third-order valence-corrected chi connectivity index (χ3v) is 9.63. The Morgan fingerprint density at radius 1 is 0.814 bits per heavy atom. The lowest BCUT2D eigenvalue weighted by Crippen LogP contribution is -2.38. The van der Waals surface area contributed by atoms with Crippen molar-refractivity contribution in [3.05, 3.63) is 114 Å². The topological polar surface area (TPSA) is 55.8 Å². The fourth-order valence-electron chi connectivity index (χ4n) is 6.45. The summed E-state index contributed by atoms with van der Waals surface area (Å²) in [6, 6.07) is 19.6. The number of hydrogen-bond acceptors (Lipinski definition) is 5. The van der Waals surface area contributed by atoms with Crippen LogP contribution in [0.2, 0.25) is 10.0 Å². The molecule has 3 aromatic carbocycles. The molecule has 3 aromatic rings. The molecule has 0 spiro atoms. The van der Waals surface area contributed by atoms with E-state index in [1.54, 1.807) is 12.1 Å². The highest BCUT2D eigenvalue weighted by atomic mass is 79.9. The zero-order valence-corrected chi connectivity index (χ0v) is 27.0. The summed E-state index contributed by atoms with van der Waals surface area (Å²) in [6.45, 7) is 3.24. The maximum Gasteiger partial charge on any atom is 0.175 e. The van der Waals surface area contributed by atoms with Crippen molar-refractivity contribution in [3.63, 3.8) is 0 Å². The Morgan fingerprint density at radius 3 is 2.12 bits per heavy atom. The maximum absolute atomic E-state index is 13.8. The van der Waals surface area contributed by atoms with E-state index in [1.165, 1.54) is 0 Å². The van der Waals surface area contributed by atoms with E-state index < -0.39 is 5.92 Å². The highest BCUT2D eigenvalue weighted by Crippen LogP contribution is 2.51. The van der Waals surface area contributed by atoms with Gasteiger partial charge in [-0.2, -0.15) is 0 Å². The molecule has 1 heterocycles. The highest BCUT2D eigenvalue weighted by molar-refractivity contribution is 9.10. The van der Waals surface area contributed by atoms with Crippen LogP contribution in [-0.2, 0) is 22.7 Å². The van der Waals surface area contributed by atoms with Gasteiger partial charge in [0.1, 0.15) is 6.61 Å². The van der Waals surface area contributed by atoms with Gasteiger partial charge in [0.2, 0.25) is 0 Å². The van der Waals surface area contributed by atoms with Gasteiger partial charge >= 0.3 is 0 Å². The van der Waals surface area contributed by atoms with Gasteiger partial charge in [-0.05, 0) is 89.5 Å². The van der Waals surface area contributed by atoms with Crippen molar-refractivity contribution < 1.29 is 19.1 Å². The zero-order chi connectivity index (χ0) is 30.1. The third kappa shape index (κ3) is 6.02. The number of carbonyl (C=O) groups is 2. The number of Topliss-reactive ketones (excluding diaryl/α,β-unsaturated/α-hetero) is 2. The molecule has 43 heavy (non-hydrogen) atoms. The van der Waals surface area contributed by atoms with Crippen LogP contribution in [0.4, 0.5) is 0 Å². The number of rotatable bonds is 8. The van der Waals surface area contributed by atoms with Crippen LogP contribution in [0.1, 0.15) is 68.1 Å². The molecule has 6 rings (SSSR count). The van der Waals surface area contributed by atoms with Gasteiger partial charge in [-0.1, -0.05) is 59.6 Å². The predicted octanol–water partition coefficient (Wildman–Crippen LogP) is 9.35. The van der Waals surface area contributed by atoms with Gasteiger partial charge in [0.05, 0.1) is 21.1 Å². The molecule has 0 atom stereocenters. The van der Waals surface area contributed by atoms with Crippen LogP contribution >= 0.6 is 39.1 Å². The Bertz CT molecular complexity index is 1600. The molecular formula is C35H32BrCl2NO4. The molecule has 2 aliphatic carbocycles. The SMILES string of the molecule is CCOc1cc(C2C3=C(CCCC3=O)N(Cc3ccccc3)C3=C2C(=O)CCC3)cc(Br)c1OCc1ccc(Cl)c(Cl)c1. The molecule has 0 amide bonds. The van der Waals surface area contributed by atoms with E-state index in [2.05, 4.69) is 33.0 Å². The maximum atomic E-state index is 13.8. The minimum atomic E-state index is -0.447. The second kappa shape index (κ2) is 12.9. The van der Waals surface area contributed by atoms with Crippen LogP contribution in [0, 0.1) is 0 Å². The van der Waals surface area contributed by atoms with Crippen LogP contribution in [0.15, 0.2) is 87.7 Å². The van der Waals surface area contributed by atoms with E-state index >= 15 is 0 Å². The van der Waals surface area contributed by atoms with Crippen LogP contribution in [0.3, 0.4) is 0 Å². The first-order chi connectivity index (χ1) is 20.9. The fraction of sp³-hybridized carbons (Fsp3) is 0.314. The Balaban J connectivity index is 1.44.